The zero-order valence-electron chi connectivity index (χ0n) is 19.3. The highest BCUT2D eigenvalue weighted by molar-refractivity contribution is 6.56. The normalized spacial score (nSPS) is 10.8. The van der Waals surface area contributed by atoms with Crippen LogP contribution in [0.1, 0.15) is 50.7 Å². The molecule has 1 aromatic carbocycles. The van der Waals surface area contributed by atoms with Crippen molar-refractivity contribution in [2.45, 2.75) is 52.4 Å². The van der Waals surface area contributed by atoms with E-state index in [1.165, 1.54) is 6.08 Å². The molecule has 0 atom stereocenters. The van der Waals surface area contributed by atoms with E-state index in [9.17, 15) is 0 Å². The Morgan fingerprint density at radius 2 is 1.39 bits per heavy atom. The molecule has 0 N–H and O–H groups in total. The first-order valence-electron chi connectivity index (χ1n) is 11.1. The minimum Gasteiger partial charge on any atom is -0.493 e. The molecule has 0 saturated carbocycles. The van der Waals surface area contributed by atoms with Crippen molar-refractivity contribution in [2.24, 2.45) is 5.16 Å². The van der Waals surface area contributed by atoms with Gasteiger partial charge in [-0.1, -0.05) is 71.8 Å². The van der Waals surface area contributed by atoms with Crippen LogP contribution in [0.4, 0.5) is 0 Å². The van der Waals surface area contributed by atoms with Gasteiger partial charge in [-0.05, 0) is 67.5 Å². The molecule has 0 heterocycles. The summed E-state index contributed by atoms with van der Waals surface area (Å²) in [5.74, 6) is 1.78. The van der Waals surface area contributed by atoms with E-state index in [0.29, 0.717) is 26.4 Å². The van der Waals surface area contributed by atoms with Crippen LogP contribution in [-0.2, 0) is 22.4 Å². The first-order chi connectivity index (χ1) is 16.0. The molecule has 33 heavy (non-hydrogen) atoms. The maximum absolute atomic E-state index is 6.16. The minimum absolute atomic E-state index is 0.161. The molecule has 0 amide bonds. The molecule has 0 bridgehead atoms. The fraction of sp³-hybridized carbons (Fsp3) is 0.542. The Bertz CT molecular complexity index is 736. The number of aryl methyl sites for hydroxylation is 2. The third-order valence-corrected chi connectivity index (χ3v) is 5.17. The van der Waals surface area contributed by atoms with Gasteiger partial charge in [-0.25, -0.2) is 0 Å². The van der Waals surface area contributed by atoms with Gasteiger partial charge in [-0.3, -0.25) is 0 Å². The highest BCUT2D eigenvalue weighted by atomic mass is 35.5. The lowest BCUT2D eigenvalue weighted by atomic mass is 10.0. The molecule has 0 aliphatic heterocycles. The molecule has 5 nitrogen and oxygen atoms in total. The first kappa shape index (κ1) is 29.9. The zero-order valence-corrected chi connectivity index (χ0v) is 22.3. The van der Waals surface area contributed by atoms with Crippen molar-refractivity contribution >= 4 is 52.6 Å². The number of nitrogens with zero attached hydrogens (tertiary/aromatic N) is 1. The second kappa shape index (κ2) is 19.2. The molecule has 0 unspecified atom stereocenters. The van der Waals surface area contributed by atoms with Crippen molar-refractivity contribution < 1.29 is 19.0 Å². The summed E-state index contributed by atoms with van der Waals surface area (Å²) in [4.78, 5) is 4.93. The van der Waals surface area contributed by atoms with E-state index in [1.807, 2.05) is 12.1 Å². The maximum atomic E-state index is 6.16. The topological polar surface area (TPSA) is 49.3 Å². The summed E-state index contributed by atoms with van der Waals surface area (Å²) in [6, 6.07) is 4.06. The van der Waals surface area contributed by atoms with Gasteiger partial charge in [0.1, 0.15) is 33.7 Å². The number of benzene rings is 1. The molecule has 0 saturated heterocycles. The number of rotatable bonds is 18. The van der Waals surface area contributed by atoms with E-state index in [-0.39, 0.29) is 15.6 Å². The molecule has 0 radical (unpaired) electrons. The Kier molecular flexibility index (Phi) is 17.4. The molecule has 0 aliphatic carbocycles. The summed E-state index contributed by atoms with van der Waals surface area (Å²) in [5, 5.41) is 3.74. The van der Waals surface area contributed by atoms with Crippen LogP contribution in [0.25, 0.3) is 0 Å². The van der Waals surface area contributed by atoms with Crippen LogP contribution in [0.3, 0.4) is 0 Å². The van der Waals surface area contributed by atoms with Crippen molar-refractivity contribution in [2.75, 3.05) is 33.0 Å². The van der Waals surface area contributed by atoms with Crippen LogP contribution >= 0.6 is 46.4 Å². The summed E-state index contributed by atoms with van der Waals surface area (Å²) < 4.78 is 17.8. The maximum Gasteiger partial charge on any atom is 0.138 e. The number of oxime groups is 1. The average molecular weight is 541 g/mol. The number of hydrogen-bond acceptors (Lipinski definition) is 5. The number of unbranched alkanes of at least 4 members (excludes halogenated alkanes) is 3. The van der Waals surface area contributed by atoms with Crippen molar-refractivity contribution in [3.8, 4) is 11.5 Å². The SMILES string of the molecule is CCc1cc(OCC=C(Cl)Cl)cc(CC)c1OCCCCCCOCC=NOCC=C(Cl)Cl. The van der Waals surface area contributed by atoms with Crippen molar-refractivity contribution in [1.29, 1.82) is 0 Å². The van der Waals surface area contributed by atoms with Gasteiger partial charge in [0, 0.05) is 6.61 Å². The third kappa shape index (κ3) is 14.7. The van der Waals surface area contributed by atoms with E-state index >= 15 is 0 Å². The number of ether oxygens (including phenoxy) is 3. The van der Waals surface area contributed by atoms with Crippen LogP contribution in [0.2, 0.25) is 0 Å². The highest BCUT2D eigenvalue weighted by Crippen LogP contribution is 2.31. The lowest BCUT2D eigenvalue weighted by Crippen LogP contribution is -2.05. The van der Waals surface area contributed by atoms with E-state index in [4.69, 9.17) is 65.5 Å². The molecule has 1 aromatic rings. The predicted octanol–water partition coefficient (Wildman–Crippen LogP) is 7.79. The van der Waals surface area contributed by atoms with Gasteiger partial charge in [0.2, 0.25) is 0 Å². The van der Waals surface area contributed by atoms with Gasteiger partial charge in [0.25, 0.3) is 0 Å². The fourth-order valence-electron chi connectivity index (χ4n) is 2.91. The third-order valence-electron chi connectivity index (χ3n) is 4.55. The molecular weight excluding hydrogens is 508 g/mol. The van der Waals surface area contributed by atoms with Gasteiger partial charge in [-0.2, -0.15) is 0 Å². The first-order valence-corrected chi connectivity index (χ1v) is 12.6. The Morgan fingerprint density at radius 3 is 2.00 bits per heavy atom. The molecule has 9 heteroatoms. The molecular formula is C24H33Cl4NO4. The summed E-state index contributed by atoms with van der Waals surface area (Å²) in [7, 11) is 0. The largest absolute Gasteiger partial charge is 0.493 e. The van der Waals surface area contributed by atoms with Crippen LogP contribution in [0.5, 0.6) is 11.5 Å². The predicted molar refractivity (Wildman–Crippen MR) is 139 cm³/mol. The van der Waals surface area contributed by atoms with Gasteiger partial charge in [0.05, 0.1) is 19.4 Å². The van der Waals surface area contributed by atoms with E-state index in [2.05, 4.69) is 19.0 Å². The molecule has 0 aromatic heterocycles. The van der Waals surface area contributed by atoms with Crippen molar-refractivity contribution in [3.05, 3.63) is 44.4 Å². The van der Waals surface area contributed by atoms with E-state index in [1.54, 1.807) is 12.3 Å². The summed E-state index contributed by atoms with van der Waals surface area (Å²) in [5.41, 5.74) is 2.29. The Hall–Kier alpha value is -1.11. The van der Waals surface area contributed by atoms with Crippen molar-refractivity contribution in [1.82, 2.24) is 0 Å². The molecule has 0 fully saturated rings. The number of halogens is 4. The van der Waals surface area contributed by atoms with Gasteiger partial charge >= 0.3 is 0 Å². The lowest BCUT2D eigenvalue weighted by Gasteiger charge is -2.17. The Morgan fingerprint density at radius 1 is 0.788 bits per heavy atom. The second-order valence-electron chi connectivity index (χ2n) is 7.00. The van der Waals surface area contributed by atoms with Crippen molar-refractivity contribution in [3.63, 3.8) is 0 Å². The summed E-state index contributed by atoms with van der Waals surface area (Å²) in [6.07, 6.45) is 10.6. The smallest absolute Gasteiger partial charge is 0.138 e. The van der Waals surface area contributed by atoms with Crippen LogP contribution in [0, 0.1) is 0 Å². The highest BCUT2D eigenvalue weighted by Gasteiger charge is 2.11. The summed E-state index contributed by atoms with van der Waals surface area (Å²) in [6.45, 7) is 6.59. The molecule has 186 valence electrons. The fourth-order valence-corrected chi connectivity index (χ4v) is 3.17. The standard InChI is InChI=1S/C24H33Cl4NO4/c1-3-19-17-21(31-14-9-22(25)26)18-20(4-2)24(19)32-13-8-6-5-7-12-30-16-11-29-33-15-10-23(27)28/h9-11,17-18H,3-8,12-16H2,1-2H3. The van der Waals surface area contributed by atoms with Crippen LogP contribution in [0.15, 0.2) is 38.4 Å². The van der Waals surface area contributed by atoms with E-state index < -0.39 is 0 Å². The minimum atomic E-state index is 0.161. The van der Waals surface area contributed by atoms with Gasteiger partial charge in [0.15, 0.2) is 0 Å². The Balaban J connectivity index is 2.26. The van der Waals surface area contributed by atoms with Gasteiger partial charge < -0.3 is 19.0 Å². The van der Waals surface area contributed by atoms with E-state index in [0.717, 1.165) is 61.2 Å². The molecule has 1 rings (SSSR count). The monoisotopic (exact) mass is 539 g/mol. The van der Waals surface area contributed by atoms with Crippen LogP contribution < -0.4 is 9.47 Å². The second-order valence-corrected chi connectivity index (χ2v) is 9.01. The molecule has 0 spiro atoms. The zero-order chi connectivity index (χ0) is 24.3. The lowest BCUT2D eigenvalue weighted by molar-refractivity contribution is 0.153. The van der Waals surface area contributed by atoms with Crippen LogP contribution in [-0.4, -0.2) is 39.2 Å². The summed E-state index contributed by atoms with van der Waals surface area (Å²) >= 11 is 22.2. The quantitative estimate of drug-likeness (QED) is 0.108. The van der Waals surface area contributed by atoms with Gasteiger partial charge in [-0.15, -0.1) is 0 Å². The Labute approximate surface area is 217 Å². The molecule has 0 aliphatic rings. The number of hydrogen-bond donors (Lipinski definition) is 0. The average Bonchev–Trinajstić information content (AvgIpc) is 2.78.